The molecule has 0 aromatic rings. The summed E-state index contributed by atoms with van der Waals surface area (Å²) in [4.78, 5) is 9.70. The van der Waals surface area contributed by atoms with E-state index < -0.39 is 0 Å². The molecular weight excluding hydrogens is 102 g/mol. The highest BCUT2D eigenvalue weighted by molar-refractivity contribution is 4.91. The van der Waals surface area contributed by atoms with Gasteiger partial charge in [-0.05, 0) is 17.8 Å². The lowest BCUT2D eigenvalue weighted by Crippen LogP contribution is -1.82. The Hall–Kier alpha value is -0.400. The summed E-state index contributed by atoms with van der Waals surface area (Å²) in [6.45, 7) is 4.86. The van der Waals surface area contributed by atoms with Crippen LogP contribution in [0.3, 0.4) is 0 Å². The molecule has 1 aliphatic rings. The minimum Gasteiger partial charge on any atom is -0.151 e. The number of rotatable bonds is 2. The first-order valence-corrected chi connectivity index (χ1v) is 3.06. The van der Waals surface area contributed by atoms with Gasteiger partial charge in [0.2, 0.25) is 0 Å². The van der Waals surface area contributed by atoms with Gasteiger partial charge in [-0.15, -0.1) is 0 Å². The lowest BCUT2D eigenvalue weighted by atomic mass is 10.3. The van der Waals surface area contributed by atoms with Gasteiger partial charge >= 0.3 is 0 Å². The van der Waals surface area contributed by atoms with E-state index in [1.807, 2.05) is 0 Å². The average Bonchev–Trinajstić information content (AvgIpc) is 2.25. The highest BCUT2D eigenvalue weighted by Gasteiger charge is 2.42. The molecule has 0 spiro atoms. The van der Waals surface area contributed by atoms with E-state index in [1.165, 1.54) is 0 Å². The highest BCUT2D eigenvalue weighted by Crippen LogP contribution is 2.45. The maximum absolute atomic E-state index is 9.70. The predicted molar refractivity (Wildman–Crippen MR) is 32.5 cm³/mol. The van der Waals surface area contributed by atoms with E-state index in [2.05, 4.69) is 19.0 Å². The van der Waals surface area contributed by atoms with Crippen LogP contribution in [0.1, 0.15) is 13.8 Å². The van der Waals surface area contributed by atoms with Gasteiger partial charge in [-0.1, -0.05) is 19.0 Å². The smallest absolute Gasteiger partial charge is 0.0844 e. The summed E-state index contributed by atoms with van der Waals surface area (Å²) in [5, 5.41) is 2.85. The molecular formula is C6H11NO. The van der Waals surface area contributed by atoms with Crippen LogP contribution in [0.25, 0.3) is 0 Å². The molecule has 0 heterocycles. The van der Waals surface area contributed by atoms with Gasteiger partial charge in [0.15, 0.2) is 0 Å². The third-order valence-corrected chi connectivity index (χ3v) is 2.32. The minimum atomic E-state index is 0.530. The topological polar surface area (TPSA) is 29.4 Å². The zero-order valence-corrected chi connectivity index (χ0v) is 5.29. The number of nitroso groups, excluding NO2 is 1. The first-order valence-electron chi connectivity index (χ1n) is 3.06. The second-order valence-corrected chi connectivity index (χ2v) is 2.69. The molecule has 0 bridgehead atoms. The fourth-order valence-electron chi connectivity index (χ4n) is 1.18. The summed E-state index contributed by atoms with van der Waals surface area (Å²) in [6.07, 6.45) is 0. The summed E-state index contributed by atoms with van der Waals surface area (Å²) >= 11 is 0. The molecule has 46 valence electrons. The molecule has 2 heteroatoms. The first kappa shape index (κ1) is 5.73. The Morgan fingerprint density at radius 2 is 1.88 bits per heavy atom. The zero-order valence-electron chi connectivity index (χ0n) is 5.29. The van der Waals surface area contributed by atoms with Gasteiger partial charge in [-0.3, -0.25) is 0 Å². The van der Waals surface area contributed by atoms with Crippen molar-refractivity contribution in [1.82, 2.24) is 0 Å². The summed E-state index contributed by atoms with van der Waals surface area (Å²) < 4.78 is 0. The van der Waals surface area contributed by atoms with E-state index in [0.717, 1.165) is 11.8 Å². The minimum absolute atomic E-state index is 0.530. The van der Waals surface area contributed by atoms with Crippen molar-refractivity contribution < 1.29 is 0 Å². The quantitative estimate of drug-likeness (QED) is 0.501. The van der Waals surface area contributed by atoms with Gasteiger partial charge in [-0.25, -0.2) is 0 Å². The second kappa shape index (κ2) is 1.84. The SMILES string of the molecule is CC1C(CN=O)[C@H]1C. The van der Waals surface area contributed by atoms with Crippen molar-refractivity contribution >= 4 is 0 Å². The van der Waals surface area contributed by atoms with E-state index >= 15 is 0 Å². The molecule has 0 saturated heterocycles. The van der Waals surface area contributed by atoms with E-state index in [0.29, 0.717) is 12.5 Å². The summed E-state index contributed by atoms with van der Waals surface area (Å²) in [5.74, 6) is 2.09. The van der Waals surface area contributed by atoms with Crippen LogP contribution in [0.2, 0.25) is 0 Å². The number of hydrogen-bond acceptors (Lipinski definition) is 2. The normalized spacial score (nSPS) is 44.0. The summed E-state index contributed by atoms with van der Waals surface area (Å²) in [6, 6.07) is 0. The lowest BCUT2D eigenvalue weighted by Gasteiger charge is -1.79. The molecule has 8 heavy (non-hydrogen) atoms. The zero-order chi connectivity index (χ0) is 6.15. The van der Waals surface area contributed by atoms with Crippen LogP contribution in [0, 0.1) is 22.7 Å². The fourth-order valence-corrected chi connectivity index (χ4v) is 1.18. The van der Waals surface area contributed by atoms with Crippen LogP contribution in [0.5, 0.6) is 0 Å². The molecule has 2 unspecified atom stereocenters. The molecule has 0 aromatic heterocycles. The number of nitrogens with zero attached hydrogens (tertiary/aromatic N) is 1. The van der Waals surface area contributed by atoms with Crippen LogP contribution in [0.15, 0.2) is 5.18 Å². The molecule has 0 N–H and O–H groups in total. The van der Waals surface area contributed by atoms with Crippen molar-refractivity contribution in [1.29, 1.82) is 0 Å². The Labute approximate surface area is 49.3 Å². The first-order chi connectivity index (χ1) is 3.77. The maximum Gasteiger partial charge on any atom is 0.0844 e. The van der Waals surface area contributed by atoms with Gasteiger partial charge in [0.05, 0.1) is 6.54 Å². The Kier molecular flexibility index (Phi) is 1.32. The molecule has 0 aliphatic heterocycles. The number of hydrogen-bond donors (Lipinski definition) is 0. The van der Waals surface area contributed by atoms with Crippen molar-refractivity contribution in [2.24, 2.45) is 22.9 Å². The molecule has 1 aliphatic carbocycles. The average molecular weight is 113 g/mol. The fraction of sp³-hybridized carbons (Fsp3) is 1.00. The Balaban J connectivity index is 2.22. The van der Waals surface area contributed by atoms with Crippen LogP contribution in [0.4, 0.5) is 0 Å². The van der Waals surface area contributed by atoms with Gasteiger partial charge in [0, 0.05) is 0 Å². The third kappa shape index (κ3) is 0.746. The third-order valence-electron chi connectivity index (χ3n) is 2.32. The Bertz CT molecular complexity index is 94.7. The summed E-state index contributed by atoms with van der Waals surface area (Å²) in [5.41, 5.74) is 0. The highest BCUT2D eigenvalue weighted by atomic mass is 16.3. The largest absolute Gasteiger partial charge is 0.151 e. The van der Waals surface area contributed by atoms with Crippen LogP contribution >= 0.6 is 0 Å². The molecule has 0 aromatic carbocycles. The molecule has 0 amide bonds. The molecule has 1 rings (SSSR count). The molecule has 0 radical (unpaired) electrons. The molecule has 1 saturated carbocycles. The van der Waals surface area contributed by atoms with Crippen molar-refractivity contribution in [2.75, 3.05) is 6.54 Å². The van der Waals surface area contributed by atoms with Gasteiger partial charge in [0.1, 0.15) is 0 Å². The molecule has 2 nitrogen and oxygen atoms in total. The monoisotopic (exact) mass is 113 g/mol. The standard InChI is InChI=1S/C6H11NO/c1-4-5(2)6(4)3-7-8/h4-6H,3H2,1-2H3/t4-,5?,6?/m0/s1. The van der Waals surface area contributed by atoms with Crippen molar-refractivity contribution in [3.63, 3.8) is 0 Å². The van der Waals surface area contributed by atoms with E-state index in [-0.39, 0.29) is 0 Å². The van der Waals surface area contributed by atoms with E-state index in [4.69, 9.17) is 0 Å². The second-order valence-electron chi connectivity index (χ2n) is 2.69. The van der Waals surface area contributed by atoms with Crippen molar-refractivity contribution in [3.05, 3.63) is 4.91 Å². The Morgan fingerprint density at radius 1 is 1.38 bits per heavy atom. The van der Waals surface area contributed by atoms with Crippen LogP contribution in [-0.4, -0.2) is 6.54 Å². The van der Waals surface area contributed by atoms with Crippen LogP contribution in [-0.2, 0) is 0 Å². The van der Waals surface area contributed by atoms with E-state index in [1.54, 1.807) is 0 Å². The van der Waals surface area contributed by atoms with Crippen molar-refractivity contribution in [2.45, 2.75) is 13.8 Å². The molecule has 3 atom stereocenters. The van der Waals surface area contributed by atoms with Gasteiger partial charge < -0.3 is 0 Å². The van der Waals surface area contributed by atoms with Crippen LogP contribution < -0.4 is 0 Å². The Morgan fingerprint density at radius 3 is 2.00 bits per heavy atom. The molecule has 1 fully saturated rings. The van der Waals surface area contributed by atoms with Gasteiger partial charge in [0.25, 0.3) is 0 Å². The lowest BCUT2D eigenvalue weighted by molar-refractivity contribution is 0.744. The maximum atomic E-state index is 9.70. The van der Waals surface area contributed by atoms with Gasteiger partial charge in [-0.2, -0.15) is 4.91 Å². The summed E-state index contributed by atoms with van der Waals surface area (Å²) in [7, 11) is 0. The van der Waals surface area contributed by atoms with Crippen molar-refractivity contribution in [3.8, 4) is 0 Å². The van der Waals surface area contributed by atoms with E-state index in [9.17, 15) is 4.91 Å². The predicted octanol–water partition coefficient (Wildman–Crippen LogP) is 1.65.